The van der Waals surface area contributed by atoms with Crippen molar-refractivity contribution in [1.29, 1.82) is 0 Å². The van der Waals surface area contributed by atoms with E-state index in [0.29, 0.717) is 6.42 Å². The van der Waals surface area contributed by atoms with Crippen LogP contribution < -0.4 is 4.72 Å². The lowest BCUT2D eigenvalue weighted by atomic mass is 10.0. The van der Waals surface area contributed by atoms with Crippen LogP contribution in [0.4, 0.5) is 0 Å². The molecule has 2 rings (SSSR count). The summed E-state index contributed by atoms with van der Waals surface area (Å²) < 4.78 is 27.5. The molecule has 0 aliphatic rings. The van der Waals surface area contributed by atoms with E-state index in [2.05, 4.69) is 17.4 Å². The van der Waals surface area contributed by atoms with Crippen molar-refractivity contribution >= 4 is 28.4 Å². The molecule has 4 nitrogen and oxygen atoms in total. The van der Waals surface area contributed by atoms with Crippen molar-refractivity contribution in [1.82, 2.24) is 4.72 Å². The topological polar surface area (TPSA) is 63.2 Å². The minimum absolute atomic E-state index is 0.0199. The Morgan fingerprint density at radius 3 is 2.26 bits per heavy atom. The average Bonchev–Trinajstić information content (AvgIpc) is 2.54. The number of hydrogen-bond acceptors (Lipinski definition) is 4. The van der Waals surface area contributed by atoms with Gasteiger partial charge in [0.1, 0.15) is 0 Å². The van der Waals surface area contributed by atoms with Gasteiger partial charge in [-0.3, -0.25) is 4.79 Å². The number of carbonyl (C=O) groups is 1. The molecule has 2 aromatic carbocycles. The predicted octanol–water partition coefficient (Wildman–Crippen LogP) is 2.38. The Hall–Kier alpha value is -1.63. The van der Waals surface area contributed by atoms with Crippen LogP contribution in [0.2, 0.25) is 0 Å². The molecule has 0 aromatic heterocycles. The second-order valence-corrected chi connectivity index (χ2v) is 7.33. The van der Waals surface area contributed by atoms with Gasteiger partial charge in [0, 0.05) is 0 Å². The van der Waals surface area contributed by atoms with Gasteiger partial charge >= 0.3 is 0 Å². The maximum absolute atomic E-state index is 12.5. The summed E-state index contributed by atoms with van der Waals surface area (Å²) in [5.41, 5.74) is 1.86. The zero-order valence-electron chi connectivity index (χ0n) is 12.8. The van der Waals surface area contributed by atoms with Crippen molar-refractivity contribution < 1.29 is 13.2 Å². The van der Waals surface area contributed by atoms with Crippen LogP contribution in [0.3, 0.4) is 0 Å². The highest BCUT2D eigenvalue weighted by atomic mass is 32.2. The smallest absolute Gasteiger partial charge is 0.241 e. The van der Waals surface area contributed by atoms with Crippen molar-refractivity contribution in [3.8, 4) is 0 Å². The molecule has 6 heteroatoms. The van der Waals surface area contributed by atoms with Gasteiger partial charge < -0.3 is 0 Å². The standard InChI is InChI=1S/C17H19NO3S2/c1-13-7-9-15(10-8-13)23(20,21)18-16(17(19)12-22)11-14-5-3-2-4-6-14/h2-10,16,18,22H,11-12H2,1H3/t16-/m0/s1. The van der Waals surface area contributed by atoms with Gasteiger partial charge in [0.2, 0.25) is 10.0 Å². The van der Waals surface area contributed by atoms with Crippen LogP contribution in [0.5, 0.6) is 0 Å². The first-order valence-electron chi connectivity index (χ1n) is 7.19. The fraction of sp³-hybridized carbons (Fsp3) is 0.235. The molecule has 1 N–H and O–H groups in total. The first kappa shape index (κ1) is 17.7. The molecule has 0 radical (unpaired) electrons. The maximum atomic E-state index is 12.5. The number of benzene rings is 2. The summed E-state index contributed by atoms with van der Waals surface area (Å²) in [7, 11) is -3.76. The summed E-state index contributed by atoms with van der Waals surface area (Å²) >= 11 is 3.99. The molecule has 0 heterocycles. The number of aryl methyl sites for hydroxylation is 1. The van der Waals surface area contributed by atoms with Crippen LogP contribution >= 0.6 is 12.6 Å². The second-order valence-electron chi connectivity index (χ2n) is 5.30. The zero-order chi connectivity index (χ0) is 16.9. The lowest BCUT2D eigenvalue weighted by Crippen LogP contribution is -2.43. The third kappa shape index (κ3) is 4.92. The fourth-order valence-electron chi connectivity index (χ4n) is 2.15. The Bertz CT molecular complexity index is 756. The predicted molar refractivity (Wildman–Crippen MR) is 94.3 cm³/mol. The molecule has 0 aliphatic heterocycles. The van der Waals surface area contributed by atoms with Crippen LogP contribution in [0.15, 0.2) is 59.5 Å². The van der Waals surface area contributed by atoms with E-state index in [9.17, 15) is 13.2 Å². The van der Waals surface area contributed by atoms with Crippen LogP contribution in [0, 0.1) is 6.92 Å². The number of rotatable bonds is 7. The molecule has 2 aromatic rings. The molecule has 122 valence electrons. The van der Waals surface area contributed by atoms with Gasteiger partial charge in [-0.25, -0.2) is 13.1 Å². The van der Waals surface area contributed by atoms with E-state index >= 15 is 0 Å². The minimum Gasteiger partial charge on any atom is -0.297 e. The van der Waals surface area contributed by atoms with Gasteiger partial charge in [0.25, 0.3) is 0 Å². The Morgan fingerprint density at radius 2 is 1.70 bits per heavy atom. The Balaban J connectivity index is 2.23. The summed E-state index contributed by atoms with van der Waals surface area (Å²) in [6.07, 6.45) is 0.297. The van der Waals surface area contributed by atoms with Gasteiger partial charge in [-0.2, -0.15) is 12.6 Å². The Labute approximate surface area is 142 Å². The summed E-state index contributed by atoms with van der Waals surface area (Å²) in [4.78, 5) is 12.2. The molecule has 0 spiro atoms. The van der Waals surface area contributed by atoms with Crippen molar-refractivity contribution in [2.45, 2.75) is 24.3 Å². The van der Waals surface area contributed by atoms with Crippen LogP contribution in [0.25, 0.3) is 0 Å². The number of Topliss-reactive ketones (excluding diaryl/α,β-unsaturated/α-hetero) is 1. The Kier molecular flexibility index (Phi) is 5.98. The quantitative estimate of drug-likeness (QED) is 0.755. The highest BCUT2D eigenvalue weighted by Crippen LogP contribution is 2.13. The molecule has 0 aliphatic carbocycles. The number of carbonyl (C=O) groups excluding carboxylic acids is 1. The van der Waals surface area contributed by atoms with Gasteiger partial charge in [0.15, 0.2) is 5.78 Å². The summed E-state index contributed by atoms with van der Waals surface area (Å²) in [6.45, 7) is 1.88. The molecule has 23 heavy (non-hydrogen) atoms. The molecule has 0 bridgehead atoms. The first-order chi connectivity index (χ1) is 10.9. The number of hydrogen-bond donors (Lipinski definition) is 2. The molecular weight excluding hydrogens is 330 g/mol. The SMILES string of the molecule is Cc1ccc(S(=O)(=O)N[C@@H](Cc2ccccc2)C(=O)CS)cc1. The van der Waals surface area contributed by atoms with Crippen LogP contribution in [0.1, 0.15) is 11.1 Å². The normalized spacial score (nSPS) is 12.8. The van der Waals surface area contributed by atoms with Crippen molar-refractivity contribution in [3.63, 3.8) is 0 Å². The van der Waals surface area contributed by atoms with E-state index in [4.69, 9.17) is 0 Å². The third-order valence-corrected chi connectivity index (χ3v) is 5.26. The second kappa shape index (κ2) is 7.77. The first-order valence-corrected chi connectivity index (χ1v) is 9.30. The van der Waals surface area contributed by atoms with E-state index in [1.807, 2.05) is 37.3 Å². The number of thiol groups is 1. The summed E-state index contributed by atoms with van der Waals surface area (Å²) in [5, 5.41) is 0. The third-order valence-electron chi connectivity index (χ3n) is 3.46. The minimum atomic E-state index is -3.76. The largest absolute Gasteiger partial charge is 0.297 e. The highest BCUT2D eigenvalue weighted by Gasteiger charge is 2.25. The van der Waals surface area contributed by atoms with Crippen molar-refractivity contribution in [2.75, 3.05) is 5.75 Å². The molecule has 0 amide bonds. The van der Waals surface area contributed by atoms with Crippen molar-refractivity contribution in [2.24, 2.45) is 0 Å². The molecule has 0 saturated carbocycles. The fourth-order valence-corrected chi connectivity index (χ4v) is 3.59. The number of ketones is 1. The van der Waals surface area contributed by atoms with E-state index in [1.54, 1.807) is 12.1 Å². The number of sulfonamides is 1. The lowest BCUT2D eigenvalue weighted by Gasteiger charge is -2.17. The van der Waals surface area contributed by atoms with Gasteiger partial charge in [0.05, 0.1) is 16.7 Å². The van der Waals surface area contributed by atoms with Crippen LogP contribution in [-0.2, 0) is 21.2 Å². The molecule has 1 atom stereocenters. The monoisotopic (exact) mass is 349 g/mol. The Morgan fingerprint density at radius 1 is 1.09 bits per heavy atom. The average molecular weight is 349 g/mol. The van der Waals surface area contributed by atoms with Gasteiger partial charge in [-0.1, -0.05) is 48.0 Å². The highest BCUT2D eigenvalue weighted by molar-refractivity contribution is 7.89. The molecular formula is C17H19NO3S2. The van der Waals surface area contributed by atoms with Gasteiger partial charge in [-0.05, 0) is 31.0 Å². The van der Waals surface area contributed by atoms with E-state index in [-0.39, 0.29) is 16.4 Å². The molecule has 0 saturated heterocycles. The summed E-state index contributed by atoms with van der Waals surface area (Å²) in [6, 6.07) is 15.0. The van der Waals surface area contributed by atoms with E-state index in [0.717, 1.165) is 11.1 Å². The maximum Gasteiger partial charge on any atom is 0.241 e. The number of nitrogens with one attached hydrogen (secondary N) is 1. The van der Waals surface area contributed by atoms with Gasteiger partial charge in [-0.15, -0.1) is 0 Å². The van der Waals surface area contributed by atoms with Crippen LogP contribution in [-0.4, -0.2) is 26.0 Å². The van der Waals surface area contributed by atoms with E-state index in [1.165, 1.54) is 12.1 Å². The lowest BCUT2D eigenvalue weighted by molar-refractivity contribution is -0.118. The van der Waals surface area contributed by atoms with Crippen molar-refractivity contribution in [3.05, 3.63) is 65.7 Å². The van der Waals surface area contributed by atoms with E-state index < -0.39 is 16.1 Å². The molecule has 0 unspecified atom stereocenters. The summed E-state index contributed by atoms with van der Waals surface area (Å²) in [5.74, 6) is -0.277. The zero-order valence-corrected chi connectivity index (χ0v) is 14.5. The molecule has 0 fully saturated rings.